The van der Waals surface area contributed by atoms with Crippen molar-refractivity contribution in [2.75, 3.05) is 33.0 Å². The highest BCUT2D eigenvalue weighted by Gasteiger charge is 2.47. The molecular weight excluding hydrogens is 644 g/mol. The molecular formula is C35H66O14. The van der Waals surface area contributed by atoms with Crippen LogP contribution in [0.15, 0.2) is 0 Å². The van der Waals surface area contributed by atoms with E-state index in [1.54, 1.807) is 0 Å². The van der Waals surface area contributed by atoms with Crippen molar-refractivity contribution in [1.29, 1.82) is 0 Å². The molecule has 2 fully saturated rings. The summed E-state index contributed by atoms with van der Waals surface area (Å²) in [4.78, 5) is 12.3. The van der Waals surface area contributed by atoms with Crippen molar-refractivity contribution in [3.8, 4) is 0 Å². The van der Waals surface area contributed by atoms with Gasteiger partial charge in [0.25, 0.3) is 0 Å². The first-order valence-electron chi connectivity index (χ1n) is 18.6. The van der Waals surface area contributed by atoms with Gasteiger partial charge in [-0.15, -0.1) is 0 Å². The summed E-state index contributed by atoms with van der Waals surface area (Å²) in [6.07, 6.45) is 2.26. The Labute approximate surface area is 292 Å². The third kappa shape index (κ3) is 16.5. The van der Waals surface area contributed by atoms with E-state index < -0.39 is 86.7 Å². The van der Waals surface area contributed by atoms with E-state index in [9.17, 15) is 40.5 Å². The van der Waals surface area contributed by atoms with Crippen LogP contribution in [0.5, 0.6) is 0 Å². The Kier molecular flexibility index (Phi) is 23.3. The number of esters is 1. The van der Waals surface area contributed by atoms with E-state index in [2.05, 4.69) is 6.92 Å². The lowest BCUT2D eigenvalue weighted by Crippen LogP contribution is -2.61. The number of unbranched alkanes of at least 4 members (excludes halogenated alkanes) is 13. The van der Waals surface area contributed by atoms with Gasteiger partial charge in [0.05, 0.1) is 26.4 Å². The van der Waals surface area contributed by atoms with Crippen LogP contribution in [0, 0.1) is 0 Å². The first kappa shape index (κ1) is 44.2. The number of ether oxygens (including phenoxy) is 6. The van der Waals surface area contributed by atoms with Gasteiger partial charge in [-0.3, -0.25) is 4.79 Å². The second-order valence-electron chi connectivity index (χ2n) is 13.4. The third-order valence-electron chi connectivity index (χ3n) is 9.09. The third-order valence-corrected chi connectivity index (χ3v) is 9.09. The smallest absolute Gasteiger partial charge is 0.306 e. The van der Waals surface area contributed by atoms with Gasteiger partial charge in [0.2, 0.25) is 0 Å². The summed E-state index contributed by atoms with van der Waals surface area (Å²) in [5, 5.41) is 71.0. The Balaban J connectivity index is 1.72. The van der Waals surface area contributed by atoms with E-state index in [1.807, 2.05) is 6.92 Å². The van der Waals surface area contributed by atoms with Gasteiger partial charge in [-0.1, -0.05) is 97.3 Å². The van der Waals surface area contributed by atoms with Gasteiger partial charge in [-0.25, -0.2) is 0 Å². The van der Waals surface area contributed by atoms with Crippen molar-refractivity contribution in [1.82, 2.24) is 0 Å². The number of carbonyl (C=O) groups excluding carboxylic acids is 1. The molecule has 0 aromatic rings. The maximum absolute atomic E-state index is 12.3. The van der Waals surface area contributed by atoms with Crippen LogP contribution in [0.4, 0.5) is 0 Å². The molecule has 0 aromatic carbocycles. The first-order valence-corrected chi connectivity index (χ1v) is 18.6. The lowest BCUT2D eigenvalue weighted by molar-refractivity contribution is -0.332. The zero-order valence-electron chi connectivity index (χ0n) is 29.7. The molecule has 2 aliphatic heterocycles. The van der Waals surface area contributed by atoms with Crippen LogP contribution in [-0.4, -0.2) is 142 Å². The monoisotopic (exact) mass is 710 g/mol. The van der Waals surface area contributed by atoms with Crippen molar-refractivity contribution < 1.29 is 69.0 Å². The quantitative estimate of drug-likeness (QED) is 0.0479. The summed E-state index contributed by atoms with van der Waals surface area (Å²) in [6, 6.07) is 0. The number of carbonyl (C=O) groups is 1. The fourth-order valence-electron chi connectivity index (χ4n) is 5.97. The van der Waals surface area contributed by atoms with Crippen molar-refractivity contribution in [3.05, 3.63) is 0 Å². The first-order chi connectivity index (χ1) is 23.6. The van der Waals surface area contributed by atoms with Crippen LogP contribution in [0.25, 0.3) is 0 Å². The lowest BCUT2D eigenvalue weighted by Gasteiger charge is -2.42. The Morgan fingerprint density at radius 1 is 0.592 bits per heavy atom. The van der Waals surface area contributed by atoms with Crippen molar-refractivity contribution in [3.63, 3.8) is 0 Å². The summed E-state index contributed by atoms with van der Waals surface area (Å²) in [5.74, 6) is -0.428. The summed E-state index contributed by atoms with van der Waals surface area (Å²) < 4.78 is 33.4. The predicted molar refractivity (Wildman–Crippen MR) is 178 cm³/mol. The minimum absolute atomic E-state index is 0.0611. The molecule has 0 spiro atoms. The Morgan fingerprint density at radius 3 is 1.61 bits per heavy atom. The Hall–Kier alpha value is -1.01. The number of hydrogen-bond acceptors (Lipinski definition) is 14. The second kappa shape index (κ2) is 25.9. The standard InChI is InChI=1S/C35H66O14/c1-3-5-6-7-8-9-10-11-12-13-14-15-16-17-19-44-21-24(47-27(37)18-4-2)22-45-34-33(43)31(41)29(39)26(49-34)23-46-35-32(42)30(40)28(38)25(20-36)48-35/h24-26,28-36,38-43H,3-23H2,1-2H3. The van der Waals surface area contributed by atoms with Crippen molar-refractivity contribution >= 4 is 5.97 Å². The number of hydrogen-bond donors (Lipinski definition) is 7. The summed E-state index contributed by atoms with van der Waals surface area (Å²) in [6.45, 7) is 3.29. The van der Waals surface area contributed by atoms with Crippen LogP contribution < -0.4 is 0 Å². The van der Waals surface area contributed by atoms with E-state index in [1.165, 1.54) is 70.6 Å². The minimum atomic E-state index is -1.69. The molecule has 14 heteroatoms. The molecule has 0 aliphatic carbocycles. The van der Waals surface area contributed by atoms with Crippen LogP contribution in [0.1, 0.15) is 117 Å². The van der Waals surface area contributed by atoms with Crippen LogP contribution in [-0.2, 0) is 33.2 Å². The highest BCUT2D eigenvalue weighted by atomic mass is 16.7. The maximum atomic E-state index is 12.3. The Bertz CT molecular complexity index is 834. The fourth-order valence-corrected chi connectivity index (χ4v) is 5.97. The van der Waals surface area contributed by atoms with E-state index in [-0.39, 0.29) is 19.6 Å². The molecule has 11 unspecified atom stereocenters. The normalized spacial score (nSPS) is 31.1. The number of aliphatic hydroxyl groups is 7. The van der Waals surface area contributed by atoms with Crippen LogP contribution in [0.3, 0.4) is 0 Å². The molecule has 290 valence electrons. The van der Waals surface area contributed by atoms with Gasteiger partial charge in [0.15, 0.2) is 12.6 Å². The van der Waals surface area contributed by atoms with Gasteiger partial charge in [-0.2, -0.15) is 0 Å². The highest BCUT2D eigenvalue weighted by molar-refractivity contribution is 5.69. The predicted octanol–water partition coefficient (Wildman–Crippen LogP) is 1.84. The summed E-state index contributed by atoms with van der Waals surface area (Å²) >= 11 is 0. The molecule has 2 rings (SSSR count). The zero-order valence-corrected chi connectivity index (χ0v) is 29.7. The molecule has 14 nitrogen and oxygen atoms in total. The zero-order chi connectivity index (χ0) is 36.0. The lowest BCUT2D eigenvalue weighted by atomic mass is 9.98. The van der Waals surface area contributed by atoms with Gasteiger partial charge in [0.1, 0.15) is 54.9 Å². The maximum Gasteiger partial charge on any atom is 0.306 e. The summed E-state index contributed by atoms with van der Waals surface area (Å²) in [5.41, 5.74) is 0. The van der Waals surface area contributed by atoms with E-state index in [0.717, 1.165) is 19.3 Å². The number of aliphatic hydroxyl groups excluding tert-OH is 7. The van der Waals surface area contributed by atoms with Gasteiger partial charge in [0, 0.05) is 13.0 Å². The van der Waals surface area contributed by atoms with Gasteiger partial charge < -0.3 is 64.2 Å². The molecule has 0 amide bonds. The topological polar surface area (TPSA) is 214 Å². The Morgan fingerprint density at radius 2 is 1.08 bits per heavy atom. The number of rotatable bonds is 27. The minimum Gasteiger partial charge on any atom is -0.457 e. The van der Waals surface area contributed by atoms with Gasteiger partial charge in [-0.05, 0) is 12.8 Å². The molecule has 0 bridgehead atoms. The van der Waals surface area contributed by atoms with Crippen molar-refractivity contribution in [2.45, 2.75) is 184 Å². The molecule has 49 heavy (non-hydrogen) atoms. The molecule has 0 radical (unpaired) electrons. The molecule has 0 aromatic heterocycles. The molecule has 11 atom stereocenters. The molecule has 0 saturated carbocycles. The van der Waals surface area contributed by atoms with Gasteiger partial charge >= 0.3 is 5.97 Å². The van der Waals surface area contributed by atoms with E-state index in [0.29, 0.717) is 13.0 Å². The molecule has 2 aliphatic rings. The summed E-state index contributed by atoms with van der Waals surface area (Å²) in [7, 11) is 0. The average Bonchev–Trinajstić information content (AvgIpc) is 3.09. The highest BCUT2D eigenvalue weighted by Crippen LogP contribution is 2.26. The van der Waals surface area contributed by atoms with Crippen molar-refractivity contribution in [2.24, 2.45) is 0 Å². The van der Waals surface area contributed by atoms with E-state index in [4.69, 9.17) is 28.4 Å². The van der Waals surface area contributed by atoms with Crippen LogP contribution >= 0.6 is 0 Å². The molecule has 2 heterocycles. The van der Waals surface area contributed by atoms with Crippen LogP contribution in [0.2, 0.25) is 0 Å². The molecule has 7 N–H and O–H groups in total. The van der Waals surface area contributed by atoms with E-state index >= 15 is 0 Å². The molecule has 2 saturated heterocycles. The second-order valence-corrected chi connectivity index (χ2v) is 13.4. The SMILES string of the molecule is CCCCCCCCCCCCCCCCOCC(COC1OC(COC2OC(CO)C(O)C(O)C2O)C(O)C(O)C1O)OC(=O)CCC. The fraction of sp³-hybridized carbons (Fsp3) is 0.971. The average molecular weight is 711 g/mol. The largest absolute Gasteiger partial charge is 0.457 e.